The molecule has 0 spiro atoms. The molecule has 0 aromatic heterocycles. The Morgan fingerprint density at radius 1 is 0.733 bits per heavy atom. The smallest absolute Gasteiger partial charge is 0.338 e. The third-order valence-corrected chi connectivity index (χ3v) is 13.4. The number of hydrogen-bond donors (Lipinski definition) is 0. The zero-order valence-electron chi connectivity index (χ0n) is 28.4. The minimum atomic E-state index is -0.448. The highest BCUT2D eigenvalue weighted by molar-refractivity contribution is 5.90. The molecule has 0 saturated heterocycles. The molecule has 4 fully saturated rings. The number of hydrogen-bond acceptors (Lipinski definition) is 4. The number of ether oxygens (including phenoxy) is 2. The van der Waals surface area contributed by atoms with Crippen molar-refractivity contribution in [3.8, 4) is 0 Å². The standard InChI is InChI=1S/C41H56O4/c1-27(2)13-12-14-28(3)33-21-22-34-32-20-19-31-25-36(44-38(42)29-15-8-6-9-16-29)37(45-39(43)30-17-10-7-11-18-30)26-41(31,5)35(32)23-24-40(33,34)4/h6-11,15-18,27-28,31-37H,12-14,19-26H2,1-5H3. The molecule has 4 aliphatic carbocycles. The lowest BCUT2D eigenvalue weighted by Crippen LogP contribution is -2.58. The van der Waals surface area contributed by atoms with E-state index in [1.54, 1.807) is 24.3 Å². The van der Waals surface area contributed by atoms with Crippen LogP contribution in [0.3, 0.4) is 0 Å². The van der Waals surface area contributed by atoms with Crippen molar-refractivity contribution in [1.29, 1.82) is 0 Å². The Labute approximate surface area is 272 Å². The molecular formula is C41H56O4. The zero-order valence-corrected chi connectivity index (χ0v) is 28.4. The van der Waals surface area contributed by atoms with E-state index < -0.39 is 12.2 Å². The Morgan fingerprint density at radius 2 is 1.33 bits per heavy atom. The molecular weight excluding hydrogens is 556 g/mol. The van der Waals surface area contributed by atoms with Gasteiger partial charge >= 0.3 is 11.9 Å². The summed E-state index contributed by atoms with van der Waals surface area (Å²) in [6.45, 7) is 12.4. The van der Waals surface area contributed by atoms with Crippen LogP contribution in [0.15, 0.2) is 60.7 Å². The minimum absolute atomic E-state index is 0.0719. The molecule has 45 heavy (non-hydrogen) atoms. The van der Waals surface area contributed by atoms with Crippen molar-refractivity contribution in [2.45, 2.75) is 117 Å². The Kier molecular flexibility index (Phi) is 9.51. The van der Waals surface area contributed by atoms with Crippen molar-refractivity contribution in [3.63, 3.8) is 0 Å². The van der Waals surface area contributed by atoms with E-state index in [9.17, 15) is 9.59 Å². The van der Waals surface area contributed by atoms with Gasteiger partial charge in [-0.1, -0.05) is 90.3 Å². The summed E-state index contributed by atoms with van der Waals surface area (Å²) in [6, 6.07) is 18.5. The highest BCUT2D eigenvalue weighted by Gasteiger charge is 2.62. The Hall–Kier alpha value is -2.62. The number of carbonyl (C=O) groups excluding carboxylic acids is 2. The van der Waals surface area contributed by atoms with Gasteiger partial charge in [0.25, 0.3) is 0 Å². The SMILES string of the molecule is CC(C)CCCC(C)C1CCC2C3CCC4CC(OC(=O)c5ccccc5)C(OC(=O)c5ccccc5)CC4(C)C3CCC12C. The van der Waals surface area contributed by atoms with Crippen LogP contribution in [-0.4, -0.2) is 24.1 Å². The highest BCUT2D eigenvalue weighted by Crippen LogP contribution is 2.68. The summed E-state index contributed by atoms with van der Waals surface area (Å²) in [4.78, 5) is 26.7. The lowest BCUT2D eigenvalue weighted by molar-refractivity contribution is -0.163. The molecule has 6 rings (SSSR count). The first-order valence-corrected chi connectivity index (χ1v) is 18.1. The summed E-state index contributed by atoms with van der Waals surface area (Å²) in [5.41, 5.74) is 1.61. The van der Waals surface area contributed by atoms with Crippen molar-refractivity contribution in [3.05, 3.63) is 71.8 Å². The van der Waals surface area contributed by atoms with E-state index in [0.717, 1.165) is 42.4 Å². The number of fused-ring (bicyclic) bond motifs is 5. The number of carbonyl (C=O) groups is 2. The molecule has 0 radical (unpaired) electrons. The average molecular weight is 613 g/mol. The van der Waals surface area contributed by atoms with E-state index in [2.05, 4.69) is 34.6 Å². The van der Waals surface area contributed by atoms with Crippen LogP contribution in [0, 0.1) is 52.3 Å². The Morgan fingerprint density at radius 3 is 1.96 bits per heavy atom. The molecule has 4 nitrogen and oxygen atoms in total. The van der Waals surface area contributed by atoms with Crippen molar-refractivity contribution < 1.29 is 19.1 Å². The van der Waals surface area contributed by atoms with Crippen LogP contribution in [0.25, 0.3) is 0 Å². The fraction of sp³-hybridized carbons (Fsp3) is 0.659. The third-order valence-electron chi connectivity index (χ3n) is 13.4. The maximum absolute atomic E-state index is 13.4. The van der Waals surface area contributed by atoms with Gasteiger partial charge in [-0.3, -0.25) is 0 Å². The van der Waals surface area contributed by atoms with Crippen molar-refractivity contribution >= 4 is 11.9 Å². The minimum Gasteiger partial charge on any atom is -0.455 e. The zero-order chi connectivity index (χ0) is 31.8. The van der Waals surface area contributed by atoms with Gasteiger partial charge < -0.3 is 9.47 Å². The topological polar surface area (TPSA) is 52.6 Å². The van der Waals surface area contributed by atoms with Crippen molar-refractivity contribution in [2.24, 2.45) is 52.3 Å². The van der Waals surface area contributed by atoms with Crippen molar-refractivity contribution in [1.82, 2.24) is 0 Å². The maximum atomic E-state index is 13.4. The summed E-state index contributed by atoms with van der Waals surface area (Å²) in [7, 11) is 0. The summed E-state index contributed by atoms with van der Waals surface area (Å²) in [5.74, 6) is 4.43. The molecule has 2 aromatic carbocycles. The molecule has 4 aliphatic rings. The monoisotopic (exact) mass is 612 g/mol. The average Bonchev–Trinajstić information content (AvgIpc) is 3.39. The lowest BCUT2D eigenvalue weighted by atomic mass is 9.44. The third kappa shape index (κ3) is 6.37. The second-order valence-corrected chi connectivity index (χ2v) is 16.2. The summed E-state index contributed by atoms with van der Waals surface area (Å²) >= 11 is 0. The molecule has 10 atom stereocenters. The van der Waals surface area contributed by atoms with E-state index in [0.29, 0.717) is 28.4 Å². The number of rotatable bonds is 9. The normalized spacial score (nSPS) is 36.4. The molecule has 0 N–H and O–H groups in total. The van der Waals surface area contributed by atoms with Crippen LogP contribution in [0.1, 0.15) is 126 Å². The first-order chi connectivity index (χ1) is 21.6. The Balaban J connectivity index is 1.21. The van der Waals surface area contributed by atoms with Crippen LogP contribution in [0.5, 0.6) is 0 Å². The van der Waals surface area contributed by atoms with Crippen LogP contribution < -0.4 is 0 Å². The van der Waals surface area contributed by atoms with E-state index in [1.807, 2.05) is 36.4 Å². The second-order valence-electron chi connectivity index (χ2n) is 16.2. The van der Waals surface area contributed by atoms with E-state index >= 15 is 0 Å². The van der Waals surface area contributed by atoms with Crippen molar-refractivity contribution in [2.75, 3.05) is 0 Å². The van der Waals surface area contributed by atoms with Crippen LogP contribution in [-0.2, 0) is 9.47 Å². The highest BCUT2D eigenvalue weighted by atomic mass is 16.6. The van der Waals surface area contributed by atoms with Gasteiger partial charge in [0, 0.05) is 0 Å². The van der Waals surface area contributed by atoms with Crippen LogP contribution in [0.4, 0.5) is 0 Å². The largest absolute Gasteiger partial charge is 0.455 e. The van der Waals surface area contributed by atoms with Gasteiger partial charge in [-0.25, -0.2) is 9.59 Å². The predicted octanol–water partition coefficient (Wildman–Crippen LogP) is 10.2. The first kappa shape index (κ1) is 32.3. The lowest BCUT2D eigenvalue weighted by Gasteiger charge is -2.62. The van der Waals surface area contributed by atoms with Gasteiger partial charge in [0.15, 0.2) is 0 Å². The molecule has 0 bridgehead atoms. The van der Waals surface area contributed by atoms with Crippen LogP contribution in [0.2, 0.25) is 0 Å². The molecule has 0 aliphatic heterocycles. The van der Waals surface area contributed by atoms with E-state index in [1.165, 1.54) is 57.8 Å². The maximum Gasteiger partial charge on any atom is 0.338 e. The van der Waals surface area contributed by atoms with Gasteiger partial charge in [0.2, 0.25) is 0 Å². The Bertz CT molecular complexity index is 1310. The summed E-state index contributed by atoms with van der Waals surface area (Å²) < 4.78 is 12.5. The van der Waals surface area contributed by atoms with Crippen LogP contribution >= 0.6 is 0 Å². The fourth-order valence-electron chi connectivity index (χ4n) is 11.1. The number of benzene rings is 2. The van der Waals surface area contributed by atoms with Gasteiger partial charge in [-0.15, -0.1) is 0 Å². The number of esters is 2. The first-order valence-electron chi connectivity index (χ1n) is 18.1. The van der Waals surface area contributed by atoms with Gasteiger partial charge in [0.1, 0.15) is 12.2 Å². The van der Waals surface area contributed by atoms with Gasteiger partial charge in [0.05, 0.1) is 11.1 Å². The molecule has 0 heterocycles. The molecule has 4 heteroatoms. The summed E-state index contributed by atoms with van der Waals surface area (Å²) in [6.07, 6.45) is 12.6. The predicted molar refractivity (Wildman–Crippen MR) is 180 cm³/mol. The quantitative estimate of drug-likeness (QED) is 0.264. The van der Waals surface area contributed by atoms with Gasteiger partial charge in [-0.05, 0) is 128 Å². The molecule has 2 aromatic rings. The summed E-state index contributed by atoms with van der Waals surface area (Å²) in [5, 5.41) is 0. The molecule has 0 amide bonds. The molecule has 4 saturated carbocycles. The van der Waals surface area contributed by atoms with E-state index in [-0.39, 0.29) is 17.4 Å². The molecule has 10 unspecified atom stereocenters. The molecule has 244 valence electrons. The second kappa shape index (κ2) is 13.2. The fourth-order valence-corrected chi connectivity index (χ4v) is 11.1. The van der Waals surface area contributed by atoms with Gasteiger partial charge in [-0.2, -0.15) is 0 Å². The van der Waals surface area contributed by atoms with E-state index in [4.69, 9.17) is 9.47 Å².